The summed E-state index contributed by atoms with van der Waals surface area (Å²) in [6.07, 6.45) is 0.788. The van der Waals surface area contributed by atoms with Crippen molar-refractivity contribution in [2.45, 2.75) is 20.3 Å². The van der Waals surface area contributed by atoms with Crippen LogP contribution in [0.5, 0.6) is 5.75 Å². The van der Waals surface area contributed by atoms with Crippen LogP contribution in [0, 0.1) is 6.92 Å². The average molecular weight is 261 g/mol. The molecular formula is C14H15NO4. The summed E-state index contributed by atoms with van der Waals surface area (Å²) in [6.45, 7) is 3.63. The van der Waals surface area contributed by atoms with E-state index in [0.29, 0.717) is 17.1 Å². The third-order valence-corrected chi connectivity index (χ3v) is 2.86. The van der Waals surface area contributed by atoms with Gasteiger partial charge in [0.1, 0.15) is 11.4 Å². The molecule has 0 unspecified atom stereocenters. The molecule has 0 aliphatic heterocycles. The summed E-state index contributed by atoms with van der Waals surface area (Å²) in [5.41, 5.74) is 2.06. The van der Waals surface area contributed by atoms with Crippen molar-refractivity contribution in [1.29, 1.82) is 0 Å². The average Bonchev–Trinajstić information content (AvgIpc) is 2.80. The van der Waals surface area contributed by atoms with E-state index in [1.165, 1.54) is 0 Å². The molecule has 5 heteroatoms. The van der Waals surface area contributed by atoms with Gasteiger partial charge in [-0.3, -0.25) is 0 Å². The number of carbonyl (C=O) groups is 1. The van der Waals surface area contributed by atoms with Gasteiger partial charge in [-0.15, -0.1) is 0 Å². The summed E-state index contributed by atoms with van der Waals surface area (Å²) >= 11 is 0. The molecule has 2 rings (SSSR count). The van der Waals surface area contributed by atoms with Gasteiger partial charge in [0.05, 0.1) is 7.11 Å². The predicted octanol–water partition coefficient (Wildman–Crippen LogP) is 2.92. The van der Waals surface area contributed by atoms with Crippen LogP contribution < -0.4 is 4.74 Å². The van der Waals surface area contributed by atoms with Gasteiger partial charge in [0.25, 0.3) is 0 Å². The Hall–Kier alpha value is -2.30. The van der Waals surface area contributed by atoms with Crippen molar-refractivity contribution in [1.82, 2.24) is 4.98 Å². The number of aromatic carboxylic acids is 1. The number of rotatable bonds is 4. The summed E-state index contributed by atoms with van der Waals surface area (Å²) < 4.78 is 10.4. The highest BCUT2D eigenvalue weighted by Crippen LogP contribution is 2.29. The van der Waals surface area contributed by atoms with Crippen LogP contribution in [0.4, 0.5) is 0 Å². The van der Waals surface area contributed by atoms with Crippen LogP contribution in [0.3, 0.4) is 0 Å². The van der Waals surface area contributed by atoms with Crippen molar-refractivity contribution in [3.8, 4) is 17.0 Å². The number of hydrogen-bond donors (Lipinski definition) is 1. The second-order valence-electron chi connectivity index (χ2n) is 4.10. The van der Waals surface area contributed by atoms with E-state index < -0.39 is 5.97 Å². The summed E-state index contributed by atoms with van der Waals surface area (Å²) in [4.78, 5) is 15.3. The fourth-order valence-electron chi connectivity index (χ4n) is 1.97. The maximum atomic E-state index is 11.1. The lowest BCUT2D eigenvalue weighted by atomic mass is 10.0. The van der Waals surface area contributed by atoms with E-state index in [1.807, 2.05) is 19.1 Å². The standard InChI is InChI=1S/C14H15NO4/c1-4-9-7-10(5-6-11(9)18-3)12-13(14(16)17)19-8(2)15-12/h5-7H,4H2,1-3H3,(H,16,17). The van der Waals surface area contributed by atoms with Gasteiger partial charge in [-0.25, -0.2) is 9.78 Å². The predicted molar refractivity (Wildman–Crippen MR) is 69.6 cm³/mol. The first-order valence-electron chi connectivity index (χ1n) is 5.94. The quantitative estimate of drug-likeness (QED) is 0.916. The molecular weight excluding hydrogens is 246 g/mol. The van der Waals surface area contributed by atoms with Crippen LogP contribution in [0.15, 0.2) is 22.6 Å². The Kier molecular flexibility index (Phi) is 3.55. The molecule has 0 radical (unpaired) electrons. The molecule has 0 amide bonds. The Labute approximate surface area is 110 Å². The van der Waals surface area contributed by atoms with E-state index in [2.05, 4.69) is 4.98 Å². The molecule has 2 aromatic rings. The van der Waals surface area contributed by atoms with Crippen molar-refractivity contribution in [2.75, 3.05) is 7.11 Å². The topological polar surface area (TPSA) is 72.6 Å². The number of aromatic nitrogens is 1. The SMILES string of the molecule is CCc1cc(-c2nc(C)oc2C(=O)O)ccc1OC. The second-order valence-corrected chi connectivity index (χ2v) is 4.10. The third kappa shape index (κ3) is 2.45. The minimum absolute atomic E-state index is 0.135. The minimum atomic E-state index is -1.12. The molecule has 1 heterocycles. The van der Waals surface area contributed by atoms with Crippen LogP contribution in [-0.2, 0) is 6.42 Å². The smallest absolute Gasteiger partial charge is 0.374 e. The van der Waals surface area contributed by atoms with Crippen LogP contribution in [0.1, 0.15) is 28.9 Å². The normalized spacial score (nSPS) is 10.5. The maximum Gasteiger partial charge on any atom is 0.374 e. The van der Waals surface area contributed by atoms with Crippen LogP contribution >= 0.6 is 0 Å². The lowest BCUT2D eigenvalue weighted by molar-refractivity contribution is 0.0662. The van der Waals surface area contributed by atoms with Gasteiger partial charge in [0.2, 0.25) is 5.76 Å². The fourth-order valence-corrected chi connectivity index (χ4v) is 1.97. The second kappa shape index (κ2) is 5.14. The number of nitrogens with zero attached hydrogens (tertiary/aromatic N) is 1. The molecule has 0 spiro atoms. The highest BCUT2D eigenvalue weighted by Gasteiger charge is 2.20. The number of ether oxygens (including phenoxy) is 1. The highest BCUT2D eigenvalue weighted by atomic mass is 16.5. The number of oxazole rings is 1. The molecule has 0 bridgehead atoms. The van der Waals surface area contributed by atoms with Crippen molar-refractivity contribution >= 4 is 5.97 Å². The fraction of sp³-hybridized carbons (Fsp3) is 0.286. The molecule has 1 aromatic carbocycles. The van der Waals surface area contributed by atoms with Gasteiger partial charge in [-0.05, 0) is 30.2 Å². The Morgan fingerprint density at radius 2 is 2.21 bits per heavy atom. The third-order valence-electron chi connectivity index (χ3n) is 2.86. The zero-order chi connectivity index (χ0) is 14.0. The zero-order valence-electron chi connectivity index (χ0n) is 11.1. The summed E-state index contributed by atoms with van der Waals surface area (Å²) in [7, 11) is 1.61. The van der Waals surface area contributed by atoms with Crippen molar-refractivity contribution in [2.24, 2.45) is 0 Å². The number of methoxy groups -OCH3 is 1. The minimum Gasteiger partial charge on any atom is -0.496 e. The maximum absolute atomic E-state index is 11.1. The van der Waals surface area contributed by atoms with Gasteiger partial charge < -0.3 is 14.3 Å². The molecule has 0 aliphatic rings. The molecule has 1 N–H and O–H groups in total. The van der Waals surface area contributed by atoms with Crippen LogP contribution in [0.25, 0.3) is 11.3 Å². The molecule has 1 aromatic heterocycles. The van der Waals surface area contributed by atoms with Crippen LogP contribution in [-0.4, -0.2) is 23.2 Å². The van der Waals surface area contributed by atoms with E-state index in [-0.39, 0.29) is 5.76 Å². The Morgan fingerprint density at radius 3 is 2.79 bits per heavy atom. The van der Waals surface area contributed by atoms with E-state index in [9.17, 15) is 4.79 Å². The monoisotopic (exact) mass is 261 g/mol. The van der Waals surface area contributed by atoms with Crippen molar-refractivity contribution in [3.05, 3.63) is 35.4 Å². The lowest BCUT2D eigenvalue weighted by Crippen LogP contribution is -1.98. The van der Waals surface area contributed by atoms with Crippen molar-refractivity contribution in [3.63, 3.8) is 0 Å². The number of aryl methyl sites for hydroxylation is 2. The van der Waals surface area contributed by atoms with Crippen LogP contribution in [0.2, 0.25) is 0 Å². The summed E-state index contributed by atoms with van der Waals surface area (Å²) in [5.74, 6) is -0.140. The van der Waals surface area contributed by atoms with Gasteiger partial charge in [0, 0.05) is 12.5 Å². The first-order chi connectivity index (χ1) is 9.06. The van der Waals surface area contributed by atoms with E-state index in [1.54, 1.807) is 20.1 Å². The van der Waals surface area contributed by atoms with Crippen molar-refractivity contribution < 1.29 is 19.1 Å². The van der Waals surface area contributed by atoms with Gasteiger partial charge in [-0.2, -0.15) is 0 Å². The highest BCUT2D eigenvalue weighted by molar-refractivity contribution is 5.91. The molecule has 0 fully saturated rings. The Bertz CT molecular complexity index is 616. The molecule has 5 nitrogen and oxygen atoms in total. The number of hydrogen-bond acceptors (Lipinski definition) is 4. The largest absolute Gasteiger partial charge is 0.496 e. The summed E-state index contributed by atoms with van der Waals surface area (Å²) in [6, 6.07) is 5.47. The number of carboxylic acid groups (broad SMARTS) is 1. The molecule has 0 saturated carbocycles. The molecule has 0 saturated heterocycles. The number of benzene rings is 1. The first kappa shape index (κ1) is 13.1. The first-order valence-corrected chi connectivity index (χ1v) is 5.94. The lowest BCUT2D eigenvalue weighted by Gasteiger charge is -2.08. The van der Waals surface area contributed by atoms with Gasteiger partial charge in [-0.1, -0.05) is 6.92 Å². The van der Waals surface area contributed by atoms with E-state index >= 15 is 0 Å². The molecule has 0 atom stereocenters. The van der Waals surface area contributed by atoms with Gasteiger partial charge in [0.15, 0.2) is 5.89 Å². The molecule has 19 heavy (non-hydrogen) atoms. The van der Waals surface area contributed by atoms with E-state index in [0.717, 1.165) is 17.7 Å². The molecule has 0 aliphatic carbocycles. The van der Waals surface area contributed by atoms with Gasteiger partial charge >= 0.3 is 5.97 Å². The Balaban J connectivity index is 2.56. The Morgan fingerprint density at radius 1 is 1.47 bits per heavy atom. The molecule has 100 valence electrons. The number of carboxylic acids is 1. The zero-order valence-corrected chi connectivity index (χ0v) is 11.1. The van der Waals surface area contributed by atoms with E-state index in [4.69, 9.17) is 14.3 Å². The summed E-state index contributed by atoms with van der Waals surface area (Å²) in [5, 5.41) is 9.11.